The molecule has 15 heavy (non-hydrogen) atoms. The minimum absolute atomic E-state index is 0.410. The maximum absolute atomic E-state index is 10.1. The summed E-state index contributed by atoms with van der Waals surface area (Å²) < 4.78 is 5.05. The SMILES string of the molecule is COCc1cccc(C2CCNC2)c1O. The molecule has 2 rings (SSSR count). The van der Waals surface area contributed by atoms with E-state index < -0.39 is 0 Å². The Kier molecular flexibility index (Phi) is 3.23. The third kappa shape index (κ3) is 2.13. The first kappa shape index (κ1) is 10.5. The van der Waals surface area contributed by atoms with E-state index in [0.717, 1.165) is 30.6 Å². The van der Waals surface area contributed by atoms with Crippen LogP contribution in [0.5, 0.6) is 5.75 Å². The highest BCUT2D eigenvalue weighted by Gasteiger charge is 2.20. The number of hydrogen-bond donors (Lipinski definition) is 2. The Balaban J connectivity index is 2.26. The Bertz CT molecular complexity index is 332. The maximum atomic E-state index is 10.1. The molecular formula is C12H17NO2. The molecule has 0 saturated carbocycles. The molecule has 0 aliphatic carbocycles. The van der Waals surface area contributed by atoms with Crippen LogP contribution in [-0.2, 0) is 11.3 Å². The monoisotopic (exact) mass is 207 g/mol. The Morgan fingerprint density at radius 1 is 1.53 bits per heavy atom. The first-order valence-corrected chi connectivity index (χ1v) is 5.33. The quantitative estimate of drug-likeness (QED) is 0.791. The summed E-state index contributed by atoms with van der Waals surface area (Å²) >= 11 is 0. The van der Waals surface area contributed by atoms with E-state index in [1.54, 1.807) is 7.11 Å². The largest absolute Gasteiger partial charge is 0.507 e. The van der Waals surface area contributed by atoms with Gasteiger partial charge in [0.25, 0.3) is 0 Å². The fraction of sp³-hybridized carbons (Fsp3) is 0.500. The molecule has 1 fully saturated rings. The van der Waals surface area contributed by atoms with E-state index in [9.17, 15) is 5.11 Å². The molecule has 3 nitrogen and oxygen atoms in total. The van der Waals surface area contributed by atoms with Crippen LogP contribution in [0.1, 0.15) is 23.5 Å². The maximum Gasteiger partial charge on any atom is 0.124 e. The lowest BCUT2D eigenvalue weighted by Crippen LogP contribution is -2.08. The molecule has 1 unspecified atom stereocenters. The van der Waals surface area contributed by atoms with Gasteiger partial charge in [-0.05, 0) is 18.5 Å². The highest BCUT2D eigenvalue weighted by molar-refractivity contribution is 5.42. The Morgan fingerprint density at radius 2 is 2.40 bits per heavy atom. The fourth-order valence-electron chi connectivity index (χ4n) is 2.13. The first-order chi connectivity index (χ1) is 7.33. The van der Waals surface area contributed by atoms with Gasteiger partial charge in [-0.25, -0.2) is 0 Å². The van der Waals surface area contributed by atoms with Crippen molar-refractivity contribution in [2.24, 2.45) is 0 Å². The van der Waals surface area contributed by atoms with Crippen molar-refractivity contribution < 1.29 is 9.84 Å². The van der Waals surface area contributed by atoms with Gasteiger partial charge in [-0.1, -0.05) is 18.2 Å². The van der Waals surface area contributed by atoms with Crippen LogP contribution in [0, 0.1) is 0 Å². The lowest BCUT2D eigenvalue weighted by atomic mass is 9.95. The smallest absolute Gasteiger partial charge is 0.124 e. The first-order valence-electron chi connectivity index (χ1n) is 5.33. The van der Waals surface area contributed by atoms with Crippen LogP contribution in [0.25, 0.3) is 0 Å². The van der Waals surface area contributed by atoms with E-state index in [0.29, 0.717) is 18.3 Å². The van der Waals surface area contributed by atoms with Crippen molar-refractivity contribution in [3.05, 3.63) is 29.3 Å². The van der Waals surface area contributed by atoms with E-state index in [2.05, 4.69) is 5.32 Å². The Hall–Kier alpha value is -1.06. The molecule has 1 aromatic rings. The molecule has 0 aromatic heterocycles. The minimum Gasteiger partial charge on any atom is -0.507 e. The van der Waals surface area contributed by atoms with Crippen LogP contribution in [0.3, 0.4) is 0 Å². The number of phenols is 1. The lowest BCUT2D eigenvalue weighted by Gasteiger charge is -2.13. The van der Waals surface area contributed by atoms with Crippen LogP contribution >= 0.6 is 0 Å². The van der Waals surface area contributed by atoms with Crippen molar-refractivity contribution >= 4 is 0 Å². The van der Waals surface area contributed by atoms with Crippen LogP contribution < -0.4 is 5.32 Å². The number of aromatic hydroxyl groups is 1. The van der Waals surface area contributed by atoms with Gasteiger partial charge >= 0.3 is 0 Å². The summed E-state index contributed by atoms with van der Waals surface area (Å²) in [5.74, 6) is 0.856. The van der Waals surface area contributed by atoms with Gasteiger partial charge in [0.1, 0.15) is 5.75 Å². The van der Waals surface area contributed by atoms with E-state index in [1.807, 2.05) is 18.2 Å². The third-order valence-corrected chi connectivity index (χ3v) is 2.95. The number of nitrogens with one attached hydrogen (secondary N) is 1. The van der Waals surface area contributed by atoms with E-state index in [4.69, 9.17) is 4.74 Å². The molecule has 3 heteroatoms. The van der Waals surface area contributed by atoms with Gasteiger partial charge in [0.05, 0.1) is 6.61 Å². The van der Waals surface area contributed by atoms with Crippen molar-refractivity contribution in [3.8, 4) is 5.75 Å². The molecular weight excluding hydrogens is 190 g/mol. The van der Waals surface area contributed by atoms with Gasteiger partial charge in [0.15, 0.2) is 0 Å². The zero-order valence-corrected chi connectivity index (χ0v) is 8.99. The van der Waals surface area contributed by atoms with Crippen LogP contribution in [0.4, 0.5) is 0 Å². The van der Waals surface area contributed by atoms with Gasteiger partial charge in [0.2, 0.25) is 0 Å². The Morgan fingerprint density at radius 3 is 3.07 bits per heavy atom. The zero-order chi connectivity index (χ0) is 10.7. The molecule has 1 aliphatic rings. The standard InChI is InChI=1S/C12H17NO2/c1-15-8-10-3-2-4-11(12(10)14)9-5-6-13-7-9/h2-4,9,13-14H,5-8H2,1H3. The van der Waals surface area contributed by atoms with Gasteiger partial charge in [-0.15, -0.1) is 0 Å². The number of hydrogen-bond acceptors (Lipinski definition) is 3. The summed E-state index contributed by atoms with van der Waals surface area (Å²) in [7, 11) is 1.64. The molecule has 1 aromatic carbocycles. The summed E-state index contributed by atoms with van der Waals surface area (Å²) in [6.45, 7) is 2.47. The van der Waals surface area contributed by atoms with Crippen molar-refractivity contribution in [1.82, 2.24) is 5.32 Å². The fourth-order valence-corrected chi connectivity index (χ4v) is 2.13. The second-order valence-electron chi connectivity index (χ2n) is 3.98. The molecule has 1 atom stereocenters. The van der Waals surface area contributed by atoms with Gasteiger partial charge in [-0.2, -0.15) is 0 Å². The molecule has 1 aliphatic heterocycles. The molecule has 1 heterocycles. The number of methoxy groups -OCH3 is 1. The van der Waals surface area contributed by atoms with E-state index in [-0.39, 0.29) is 0 Å². The average molecular weight is 207 g/mol. The predicted molar refractivity (Wildman–Crippen MR) is 59.0 cm³/mol. The average Bonchev–Trinajstić information content (AvgIpc) is 2.74. The summed E-state index contributed by atoms with van der Waals surface area (Å²) in [6.07, 6.45) is 1.10. The number of benzene rings is 1. The van der Waals surface area contributed by atoms with Crippen LogP contribution in [0.2, 0.25) is 0 Å². The van der Waals surface area contributed by atoms with Crippen molar-refractivity contribution in [2.45, 2.75) is 18.9 Å². The Labute approximate surface area is 90.1 Å². The van der Waals surface area contributed by atoms with Crippen LogP contribution in [0.15, 0.2) is 18.2 Å². The second kappa shape index (κ2) is 4.64. The van der Waals surface area contributed by atoms with Crippen molar-refractivity contribution in [2.75, 3.05) is 20.2 Å². The van der Waals surface area contributed by atoms with E-state index >= 15 is 0 Å². The molecule has 82 valence electrons. The summed E-state index contributed by atoms with van der Waals surface area (Å²) in [6, 6.07) is 5.90. The highest BCUT2D eigenvalue weighted by Crippen LogP contribution is 2.32. The predicted octanol–water partition coefficient (Wildman–Crippen LogP) is 1.62. The number of para-hydroxylation sites is 1. The van der Waals surface area contributed by atoms with Gasteiger partial charge < -0.3 is 15.2 Å². The number of ether oxygens (including phenoxy) is 1. The van der Waals surface area contributed by atoms with Crippen molar-refractivity contribution in [3.63, 3.8) is 0 Å². The normalized spacial score (nSPS) is 20.7. The summed E-state index contributed by atoms with van der Waals surface area (Å²) in [5.41, 5.74) is 1.93. The lowest BCUT2D eigenvalue weighted by molar-refractivity contribution is 0.182. The van der Waals surface area contributed by atoms with Crippen LogP contribution in [-0.4, -0.2) is 25.3 Å². The molecule has 0 amide bonds. The summed E-state index contributed by atoms with van der Waals surface area (Å²) in [4.78, 5) is 0. The number of phenolic OH excluding ortho intramolecular Hbond substituents is 1. The van der Waals surface area contributed by atoms with Crippen molar-refractivity contribution in [1.29, 1.82) is 0 Å². The van der Waals surface area contributed by atoms with Gasteiger partial charge in [0, 0.05) is 25.1 Å². The third-order valence-electron chi connectivity index (χ3n) is 2.95. The second-order valence-corrected chi connectivity index (χ2v) is 3.98. The zero-order valence-electron chi connectivity index (χ0n) is 8.99. The molecule has 0 radical (unpaired) electrons. The number of rotatable bonds is 3. The van der Waals surface area contributed by atoms with E-state index in [1.165, 1.54) is 0 Å². The molecule has 0 spiro atoms. The highest BCUT2D eigenvalue weighted by atomic mass is 16.5. The topological polar surface area (TPSA) is 41.5 Å². The molecule has 2 N–H and O–H groups in total. The summed E-state index contributed by atoms with van der Waals surface area (Å²) in [5, 5.41) is 13.4. The molecule has 0 bridgehead atoms. The molecule has 1 saturated heterocycles. The van der Waals surface area contributed by atoms with Gasteiger partial charge in [-0.3, -0.25) is 0 Å². The minimum atomic E-state index is 0.410.